The van der Waals surface area contributed by atoms with Crippen molar-refractivity contribution in [3.63, 3.8) is 0 Å². The smallest absolute Gasteiger partial charge is 0.115 e. The van der Waals surface area contributed by atoms with Crippen molar-refractivity contribution < 1.29 is 0 Å². The fourth-order valence-electron chi connectivity index (χ4n) is 3.83. The molecule has 0 radical (unpaired) electrons. The summed E-state index contributed by atoms with van der Waals surface area (Å²) in [5.74, 6) is 0. The summed E-state index contributed by atoms with van der Waals surface area (Å²) in [6.07, 6.45) is 15.2. The number of H-pyrrole nitrogens is 1. The van der Waals surface area contributed by atoms with Crippen molar-refractivity contribution >= 4 is 44.2 Å². The van der Waals surface area contributed by atoms with Gasteiger partial charge in [-0.3, -0.25) is 9.97 Å². The van der Waals surface area contributed by atoms with Gasteiger partial charge in [-0.05, 0) is 50.5 Å². The van der Waals surface area contributed by atoms with E-state index in [1.165, 1.54) is 27.9 Å². The van der Waals surface area contributed by atoms with Crippen LogP contribution in [-0.4, -0.2) is 29.9 Å². The fourth-order valence-corrected chi connectivity index (χ4v) is 4.64. The van der Waals surface area contributed by atoms with Gasteiger partial charge in [0.1, 0.15) is 6.33 Å². The zero-order chi connectivity index (χ0) is 69.0. The first kappa shape index (κ1) is 147. The summed E-state index contributed by atoms with van der Waals surface area (Å²) in [5.41, 5.74) is 1.79. The van der Waals surface area contributed by atoms with Gasteiger partial charge in [0.05, 0.1) is 11.8 Å². The molecule has 0 spiro atoms. The Kier molecular flexibility index (Phi) is 316. The molecule has 1 N–H and O–H groups in total. The van der Waals surface area contributed by atoms with Crippen molar-refractivity contribution in [2.45, 2.75) is 274 Å². The van der Waals surface area contributed by atoms with E-state index in [0.29, 0.717) is 0 Å². The maximum absolute atomic E-state index is 3.78. The van der Waals surface area contributed by atoms with Crippen LogP contribution < -0.4 is 0 Å². The lowest BCUT2D eigenvalue weighted by atomic mass is 10.1. The Labute approximate surface area is 591 Å². The quantitative estimate of drug-likeness (QED) is 0.164. The van der Waals surface area contributed by atoms with Gasteiger partial charge in [0.25, 0.3) is 0 Å². The van der Waals surface area contributed by atoms with E-state index in [1.807, 2.05) is 304 Å². The van der Waals surface area contributed by atoms with E-state index in [4.69, 9.17) is 0 Å². The summed E-state index contributed by atoms with van der Waals surface area (Å²) in [7, 11) is 0. The standard InChI is InChI=1S/2C10H8.C6H6.C5H5N.C4H4N2.C4H4S.C3H4N2.C3H3NS.16C2H6.7CH4/c2*1-2-6-10-8-4-3-7-9(10)5-1;2*1-2-4-6-5-3-1;1-2-5-4-6-3-1;1-2-4-5-3-1;2*1-2-5-3-4-1;16*1-2;;;;;;;/h2*1-8H;1-6H;1-5H;1-4H;1-4H;1-3H,(H,4,5);1-3H;16*1-2H3;7*1H4. The minimum Gasteiger partial charge on any atom is -0.351 e. The van der Waals surface area contributed by atoms with Gasteiger partial charge in [-0.15, -0.1) is 11.3 Å². The van der Waals surface area contributed by atoms with E-state index < -0.39 is 0 Å². The second-order valence-electron chi connectivity index (χ2n) is 10.0. The lowest BCUT2D eigenvalue weighted by molar-refractivity contribution is 1.17. The Morgan fingerprint density at radius 1 is 0.217 bits per heavy atom. The number of benzene rings is 5. The number of thiazole rings is 1. The number of hydrogen-bond donors (Lipinski definition) is 1. The molecular weight excluding hydrogens is 1160 g/mol. The fraction of sp³-hybridized carbons (Fsp3) is 0.464. The third kappa shape index (κ3) is 145. The lowest BCUT2D eigenvalue weighted by Gasteiger charge is -1.92. The summed E-state index contributed by atoms with van der Waals surface area (Å²) < 4.78 is 0. The Bertz CT molecular complexity index is 1670. The number of hydrogen-bond acceptors (Lipinski definition) is 7. The first-order valence-electron chi connectivity index (χ1n) is 32.6. The molecule has 8 heteroatoms. The van der Waals surface area contributed by atoms with Crippen LogP contribution in [0.4, 0.5) is 0 Å². The number of rotatable bonds is 0. The summed E-state index contributed by atoms with van der Waals surface area (Å²) in [6, 6.07) is 57.0. The normalized spacial score (nSPS) is 6.09. The van der Waals surface area contributed by atoms with E-state index in [2.05, 4.69) is 127 Å². The molecule has 10 rings (SSSR count). The van der Waals surface area contributed by atoms with Crippen LogP contribution >= 0.6 is 22.7 Å². The van der Waals surface area contributed by atoms with Crippen molar-refractivity contribution in [3.05, 3.63) is 248 Å². The number of imidazole rings is 1. The molecule has 0 saturated carbocycles. The number of nitrogens with zero attached hydrogens (tertiary/aromatic N) is 5. The molecule has 0 aliphatic rings. The van der Waals surface area contributed by atoms with Gasteiger partial charge in [0.2, 0.25) is 0 Å². The highest BCUT2D eigenvalue weighted by Gasteiger charge is 1.86. The predicted octanol–water partition coefficient (Wildman–Crippen LogP) is 33.1. The Hall–Kier alpha value is -6.61. The second-order valence-corrected chi connectivity index (χ2v) is 11.6. The van der Waals surface area contributed by atoms with Crippen LogP contribution in [0.2, 0.25) is 0 Å². The monoisotopic (exact) mass is 1320 g/mol. The zero-order valence-electron chi connectivity index (χ0n) is 61.2. The van der Waals surface area contributed by atoms with Crippen LogP contribution in [0.5, 0.6) is 0 Å². The molecule has 0 aliphatic carbocycles. The SMILES string of the molecule is C.C.C.C.C.C.C.CC.CC.CC.CC.CC.CC.CC.CC.CC.CC.CC.CC.CC.CC.CC.CC.c1c[nH]cn1.c1ccc2ccccc2c1.c1ccc2ccccc2c1.c1ccccc1.c1ccncc1.c1ccsc1.c1cncnc1.c1cscn1. The molecule has 6 nitrogen and oxygen atoms in total. The van der Waals surface area contributed by atoms with Crippen molar-refractivity contribution in [2.75, 3.05) is 0 Å². The zero-order valence-corrected chi connectivity index (χ0v) is 62.9. The summed E-state index contributed by atoms with van der Waals surface area (Å²) in [4.78, 5) is 21.3. The molecule has 0 aliphatic heterocycles. The average molecular weight is 1320 g/mol. The van der Waals surface area contributed by atoms with Crippen molar-refractivity contribution in [2.24, 2.45) is 0 Å². The van der Waals surface area contributed by atoms with Crippen LogP contribution in [0.25, 0.3) is 21.5 Å². The molecule has 0 unspecified atom stereocenters. The first-order valence-corrected chi connectivity index (χ1v) is 34.5. The third-order valence-corrected chi connectivity index (χ3v) is 7.36. The molecule has 0 amide bonds. The van der Waals surface area contributed by atoms with Gasteiger partial charge >= 0.3 is 0 Å². The van der Waals surface area contributed by atoms with Gasteiger partial charge in [0, 0.05) is 48.8 Å². The van der Waals surface area contributed by atoms with Gasteiger partial charge in [-0.1, -0.05) is 425 Å². The Balaban J connectivity index is -0.0000000309. The van der Waals surface area contributed by atoms with E-state index in [-0.39, 0.29) is 52.0 Å². The Morgan fingerprint density at radius 3 is 0.565 bits per heavy atom. The predicted molar refractivity (Wildman–Crippen MR) is 454 cm³/mol. The molecule has 544 valence electrons. The molecule has 0 saturated heterocycles. The largest absolute Gasteiger partial charge is 0.351 e. The molecule has 5 heterocycles. The van der Waals surface area contributed by atoms with Crippen LogP contribution in [0, 0.1) is 0 Å². The molecule has 0 fully saturated rings. The second kappa shape index (κ2) is 198. The molecular formula is C84H166N6S2. The first-order chi connectivity index (χ1) is 42.4. The highest BCUT2D eigenvalue weighted by molar-refractivity contribution is 7.07. The minimum absolute atomic E-state index is 0. The third-order valence-electron chi connectivity index (χ3n) is 6.21. The Morgan fingerprint density at radius 2 is 0.467 bits per heavy atom. The van der Waals surface area contributed by atoms with E-state index >= 15 is 0 Å². The number of thiophene rings is 1. The number of aromatic nitrogens is 6. The number of aromatic amines is 1. The minimum atomic E-state index is 0. The molecule has 5 aromatic heterocycles. The highest BCUT2D eigenvalue weighted by Crippen LogP contribution is 2.12. The van der Waals surface area contributed by atoms with Gasteiger partial charge in [0.15, 0.2) is 0 Å². The molecule has 0 bridgehead atoms. The molecule has 0 atom stereocenters. The van der Waals surface area contributed by atoms with Crippen molar-refractivity contribution in [1.82, 2.24) is 29.9 Å². The molecule has 10 aromatic rings. The average Bonchev–Trinajstić information content (AvgIpc) is 4.62. The van der Waals surface area contributed by atoms with Crippen LogP contribution in [0.15, 0.2) is 248 Å². The van der Waals surface area contributed by atoms with E-state index in [0.717, 1.165) is 0 Å². The van der Waals surface area contributed by atoms with Crippen LogP contribution in [-0.2, 0) is 0 Å². The molecule has 5 aromatic carbocycles. The van der Waals surface area contributed by atoms with Crippen LogP contribution in [0.3, 0.4) is 0 Å². The van der Waals surface area contributed by atoms with E-state index in [1.54, 1.807) is 84.0 Å². The maximum Gasteiger partial charge on any atom is 0.115 e. The summed E-state index contributed by atoms with van der Waals surface area (Å²) >= 11 is 3.31. The summed E-state index contributed by atoms with van der Waals surface area (Å²) in [6.45, 7) is 64.0. The maximum atomic E-state index is 3.78. The van der Waals surface area contributed by atoms with Gasteiger partial charge < -0.3 is 4.98 Å². The van der Waals surface area contributed by atoms with Gasteiger partial charge in [-0.25, -0.2) is 15.0 Å². The topological polar surface area (TPSA) is 80.2 Å². The van der Waals surface area contributed by atoms with Crippen molar-refractivity contribution in [1.29, 1.82) is 0 Å². The highest BCUT2D eigenvalue weighted by atomic mass is 32.1. The van der Waals surface area contributed by atoms with Crippen molar-refractivity contribution in [3.8, 4) is 0 Å². The van der Waals surface area contributed by atoms with E-state index in [9.17, 15) is 0 Å². The number of pyridine rings is 1. The lowest BCUT2D eigenvalue weighted by Crippen LogP contribution is -1.67. The van der Waals surface area contributed by atoms with Gasteiger partial charge in [-0.2, -0.15) is 11.3 Å². The summed E-state index contributed by atoms with van der Waals surface area (Å²) in [5, 5.41) is 11.3. The number of nitrogens with one attached hydrogen (secondary N) is 1. The molecule has 92 heavy (non-hydrogen) atoms. The number of fused-ring (bicyclic) bond motifs is 2. The van der Waals surface area contributed by atoms with Crippen LogP contribution in [0.1, 0.15) is 274 Å².